The molecule has 0 fully saturated rings. The van der Waals surface area contributed by atoms with Crippen molar-refractivity contribution in [1.29, 1.82) is 0 Å². The lowest BCUT2D eigenvalue weighted by molar-refractivity contribution is 0.102. The predicted molar refractivity (Wildman–Crippen MR) is 106 cm³/mol. The molecule has 136 valence electrons. The minimum atomic E-state index is -3.49. The van der Waals surface area contributed by atoms with Gasteiger partial charge in [0.1, 0.15) is 0 Å². The number of anilines is 1. The van der Waals surface area contributed by atoms with Crippen LogP contribution < -0.4 is 5.32 Å². The number of hydrogen-bond acceptors (Lipinski definition) is 5. The van der Waals surface area contributed by atoms with Gasteiger partial charge in [0.15, 0.2) is 15.0 Å². The van der Waals surface area contributed by atoms with E-state index in [1.165, 1.54) is 29.0 Å². The first kappa shape index (κ1) is 18.5. The highest BCUT2D eigenvalue weighted by Crippen LogP contribution is 2.28. The molecule has 7 heteroatoms. The number of amides is 1. The Labute approximate surface area is 157 Å². The van der Waals surface area contributed by atoms with Crippen molar-refractivity contribution in [3.63, 3.8) is 0 Å². The SMILES string of the molecule is CCCCc1ccc2nc(NC(=O)c3ccccc3S(C)(=O)=O)sc2c1. The molecule has 1 amide bonds. The van der Waals surface area contributed by atoms with E-state index in [0.717, 1.165) is 35.7 Å². The second kappa shape index (κ2) is 7.55. The van der Waals surface area contributed by atoms with Gasteiger partial charge in [-0.1, -0.05) is 42.9 Å². The lowest BCUT2D eigenvalue weighted by Crippen LogP contribution is -2.15. The van der Waals surface area contributed by atoms with Crippen LogP contribution in [0.15, 0.2) is 47.4 Å². The standard InChI is InChI=1S/C19H20N2O3S2/c1-3-4-7-13-10-11-15-16(12-13)25-19(20-15)21-18(22)14-8-5-6-9-17(14)26(2,23)24/h5-6,8-12H,3-4,7H2,1-2H3,(H,20,21,22). The summed E-state index contributed by atoms with van der Waals surface area (Å²) in [7, 11) is -3.49. The highest BCUT2D eigenvalue weighted by Gasteiger charge is 2.19. The number of rotatable bonds is 6. The number of nitrogens with zero attached hydrogens (tertiary/aromatic N) is 1. The average Bonchev–Trinajstić information content (AvgIpc) is 3.00. The molecule has 0 unspecified atom stereocenters. The minimum Gasteiger partial charge on any atom is -0.298 e. The number of carbonyl (C=O) groups excluding carboxylic acids is 1. The molecule has 1 N–H and O–H groups in total. The smallest absolute Gasteiger partial charge is 0.258 e. The first-order chi connectivity index (χ1) is 12.4. The second-order valence-corrected chi connectivity index (χ2v) is 9.16. The maximum absolute atomic E-state index is 12.6. The molecule has 0 aliphatic heterocycles. The summed E-state index contributed by atoms with van der Waals surface area (Å²) >= 11 is 1.39. The van der Waals surface area contributed by atoms with E-state index in [-0.39, 0.29) is 10.5 Å². The number of sulfone groups is 1. The minimum absolute atomic E-state index is 0.0143. The molecule has 2 aromatic carbocycles. The fraction of sp³-hybridized carbons (Fsp3) is 0.263. The van der Waals surface area contributed by atoms with Gasteiger partial charge in [-0.05, 0) is 42.7 Å². The normalized spacial score (nSPS) is 11.6. The Bertz CT molecular complexity index is 1060. The quantitative estimate of drug-likeness (QED) is 0.683. The van der Waals surface area contributed by atoms with Crippen molar-refractivity contribution >= 4 is 42.4 Å². The van der Waals surface area contributed by atoms with Crippen molar-refractivity contribution in [3.8, 4) is 0 Å². The van der Waals surface area contributed by atoms with E-state index >= 15 is 0 Å². The van der Waals surface area contributed by atoms with Crippen LogP contribution in [0.25, 0.3) is 10.2 Å². The van der Waals surface area contributed by atoms with Gasteiger partial charge in [0.25, 0.3) is 5.91 Å². The van der Waals surface area contributed by atoms with Crippen molar-refractivity contribution in [3.05, 3.63) is 53.6 Å². The molecular weight excluding hydrogens is 368 g/mol. The number of nitrogens with one attached hydrogen (secondary N) is 1. The van der Waals surface area contributed by atoms with E-state index < -0.39 is 15.7 Å². The van der Waals surface area contributed by atoms with Crippen molar-refractivity contribution in [2.75, 3.05) is 11.6 Å². The lowest BCUT2D eigenvalue weighted by atomic mass is 10.1. The monoisotopic (exact) mass is 388 g/mol. The number of aromatic nitrogens is 1. The highest BCUT2D eigenvalue weighted by molar-refractivity contribution is 7.90. The Morgan fingerprint density at radius 3 is 2.69 bits per heavy atom. The number of unbranched alkanes of at least 4 members (excludes halogenated alkanes) is 1. The zero-order valence-electron chi connectivity index (χ0n) is 14.7. The summed E-state index contributed by atoms with van der Waals surface area (Å²) in [4.78, 5) is 17.0. The van der Waals surface area contributed by atoms with Crippen LogP contribution >= 0.6 is 11.3 Å². The molecule has 3 aromatic rings. The van der Waals surface area contributed by atoms with Crippen LogP contribution in [-0.2, 0) is 16.3 Å². The zero-order valence-corrected chi connectivity index (χ0v) is 16.3. The van der Waals surface area contributed by atoms with Gasteiger partial charge in [-0.3, -0.25) is 10.1 Å². The fourth-order valence-corrected chi connectivity index (χ4v) is 4.51. The summed E-state index contributed by atoms with van der Waals surface area (Å²) in [5.74, 6) is -0.476. The van der Waals surface area contributed by atoms with Crippen LogP contribution in [0.3, 0.4) is 0 Å². The Morgan fingerprint density at radius 2 is 1.96 bits per heavy atom. The van der Waals surface area contributed by atoms with Gasteiger partial charge in [-0.15, -0.1) is 0 Å². The second-order valence-electron chi connectivity index (χ2n) is 6.15. The van der Waals surface area contributed by atoms with Gasteiger partial charge in [0.2, 0.25) is 0 Å². The van der Waals surface area contributed by atoms with Gasteiger partial charge in [-0.2, -0.15) is 0 Å². The summed E-state index contributed by atoms with van der Waals surface area (Å²) in [6.45, 7) is 2.16. The number of carbonyl (C=O) groups is 1. The van der Waals surface area contributed by atoms with Crippen LogP contribution in [0, 0.1) is 0 Å². The molecule has 0 aliphatic rings. The molecule has 5 nitrogen and oxygen atoms in total. The van der Waals surface area contributed by atoms with Crippen LogP contribution in [0.1, 0.15) is 35.7 Å². The topological polar surface area (TPSA) is 76.1 Å². The van der Waals surface area contributed by atoms with Crippen molar-refractivity contribution in [2.45, 2.75) is 31.1 Å². The summed E-state index contributed by atoms with van der Waals surface area (Å²) in [6.07, 6.45) is 4.39. The van der Waals surface area contributed by atoms with Crippen molar-refractivity contribution in [1.82, 2.24) is 4.98 Å². The first-order valence-electron chi connectivity index (χ1n) is 8.38. The van der Waals surface area contributed by atoms with Crippen molar-refractivity contribution < 1.29 is 13.2 Å². The van der Waals surface area contributed by atoms with Gasteiger partial charge in [-0.25, -0.2) is 13.4 Å². The molecule has 1 aromatic heterocycles. The molecule has 0 radical (unpaired) electrons. The van der Waals surface area contributed by atoms with Crippen molar-refractivity contribution in [2.24, 2.45) is 0 Å². The molecular formula is C19H20N2O3S2. The molecule has 0 spiro atoms. The zero-order chi connectivity index (χ0) is 18.7. The molecule has 0 saturated carbocycles. The third-order valence-electron chi connectivity index (χ3n) is 4.02. The summed E-state index contributed by atoms with van der Waals surface area (Å²) < 4.78 is 24.8. The van der Waals surface area contributed by atoms with E-state index in [1.807, 2.05) is 6.07 Å². The molecule has 26 heavy (non-hydrogen) atoms. The van der Waals surface area contributed by atoms with Crippen LogP contribution in [0.2, 0.25) is 0 Å². The molecule has 1 heterocycles. The van der Waals surface area contributed by atoms with Gasteiger partial charge in [0, 0.05) is 6.26 Å². The van der Waals surface area contributed by atoms with Gasteiger partial charge < -0.3 is 0 Å². The number of hydrogen-bond donors (Lipinski definition) is 1. The number of benzene rings is 2. The van der Waals surface area contributed by atoms with E-state index in [1.54, 1.807) is 12.1 Å². The maximum atomic E-state index is 12.6. The van der Waals surface area contributed by atoms with Gasteiger partial charge in [0.05, 0.1) is 20.7 Å². The molecule has 0 atom stereocenters. The number of thiazole rings is 1. The Balaban J connectivity index is 1.86. The van der Waals surface area contributed by atoms with Crippen LogP contribution in [0.4, 0.5) is 5.13 Å². The van der Waals surface area contributed by atoms with Gasteiger partial charge >= 0.3 is 0 Å². The van der Waals surface area contributed by atoms with Crippen LogP contribution in [-0.4, -0.2) is 25.6 Å². The molecule has 3 rings (SSSR count). The summed E-state index contributed by atoms with van der Waals surface area (Å²) in [6, 6.07) is 12.3. The predicted octanol–water partition coefficient (Wildman–Crippen LogP) is 4.29. The molecule has 0 saturated heterocycles. The number of aryl methyl sites for hydroxylation is 1. The fourth-order valence-electron chi connectivity index (χ4n) is 2.70. The Hall–Kier alpha value is -2.25. The van der Waals surface area contributed by atoms with E-state index in [2.05, 4.69) is 29.4 Å². The summed E-state index contributed by atoms with van der Waals surface area (Å²) in [5.41, 5.74) is 2.20. The summed E-state index contributed by atoms with van der Waals surface area (Å²) in [5, 5.41) is 3.19. The van der Waals surface area contributed by atoms with Crippen LogP contribution in [0.5, 0.6) is 0 Å². The Kier molecular flexibility index (Phi) is 5.38. The highest BCUT2D eigenvalue weighted by atomic mass is 32.2. The van der Waals surface area contributed by atoms with E-state index in [9.17, 15) is 13.2 Å². The number of fused-ring (bicyclic) bond motifs is 1. The third kappa shape index (κ3) is 4.11. The first-order valence-corrected chi connectivity index (χ1v) is 11.1. The third-order valence-corrected chi connectivity index (χ3v) is 6.11. The molecule has 0 bridgehead atoms. The largest absolute Gasteiger partial charge is 0.298 e. The van der Waals surface area contributed by atoms with E-state index in [4.69, 9.17) is 0 Å². The lowest BCUT2D eigenvalue weighted by Gasteiger charge is -2.06. The Morgan fingerprint density at radius 1 is 1.19 bits per heavy atom. The van der Waals surface area contributed by atoms with E-state index in [0.29, 0.717) is 5.13 Å². The molecule has 0 aliphatic carbocycles. The maximum Gasteiger partial charge on any atom is 0.258 e. The average molecular weight is 389 g/mol.